The lowest BCUT2D eigenvalue weighted by molar-refractivity contribution is -0.135. The van der Waals surface area contributed by atoms with Gasteiger partial charge >= 0.3 is 5.69 Å². The van der Waals surface area contributed by atoms with E-state index in [1.807, 2.05) is 45.2 Å². The number of amides is 1. The molecule has 3 aromatic heterocycles. The molecule has 0 atom stereocenters. The predicted molar refractivity (Wildman–Crippen MR) is 106 cm³/mol. The molecule has 0 N–H and O–H groups in total. The molecule has 0 aliphatic rings. The van der Waals surface area contributed by atoms with E-state index in [9.17, 15) is 9.59 Å². The zero-order valence-electron chi connectivity index (χ0n) is 15.9. The summed E-state index contributed by atoms with van der Waals surface area (Å²) in [6, 6.07) is 7.41. The minimum absolute atomic E-state index is 0.0484. The molecule has 0 unspecified atom stereocenters. The van der Waals surface area contributed by atoms with Crippen LogP contribution in [0.3, 0.4) is 0 Å². The first-order valence-electron chi connectivity index (χ1n) is 8.85. The van der Waals surface area contributed by atoms with Gasteiger partial charge in [-0.1, -0.05) is 6.07 Å². The molecule has 8 heteroatoms. The van der Waals surface area contributed by atoms with Crippen molar-refractivity contribution < 1.29 is 4.79 Å². The van der Waals surface area contributed by atoms with Crippen molar-refractivity contribution >= 4 is 17.2 Å². The highest BCUT2D eigenvalue weighted by molar-refractivity contribution is 7.13. The average Bonchev–Trinajstić information content (AvgIpc) is 3.24. The Morgan fingerprint density at radius 2 is 1.81 bits per heavy atom. The first-order chi connectivity index (χ1) is 12.9. The molecule has 0 fully saturated rings. The van der Waals surface area contributed by atoms with E-state index in [0.29, 0.717) is 11.5 Å². The number of nitrogens with zero attached hydrogens (tertiary/aromatic N) is 5. The zero-order valence-corrected chi connectivity index (χ0v) is 16.7. The molecule has 0 saturated heterocycles. The van der Waals surface area contributed by atoms with Crippen LogP contribution in [-0.4, -0.2) is 42.2 Å². The van der Waals surface area contributed by atoms with Gasteiger partial charge in [-0.05, 0) is 51.3 Å². The van der Waals surface area contributed by atoms with Crippen molar-refractivity contribution in [2.24, 2.45) is 0 Å². The monoisotopic (exact) mass is 385 g/mol. The third-order valence-electron chi connectivity index (χ3n) is 4.19. The van der Waals surface area contributed by atoms with Gasteiger partial charge in [0.1, 0.15) is 6.54 Å². The fraction of sp³-hybridized carbons (Fsp3) is 0.368. The molecular formula is C19H23N5O2S. The van der Waals surface area contributed by atoms with Gasteiger partial charge in [0.2, 0.25) is 5.91 Å². The molecule has 1 amide bonds. The second-order valence-corrected chi connectivity index (χ2v) is 7.72. The Morgan fingerprint density at radius 3 is 2.37 bits per heavy atom. The van der Waals surface area contributed by atoms with E-state index in [4.69, 9.17) is 0 Å². The number of aromatic nitrogens is 4. The Morgan fingerprint density at radius 1 is 1.15 bits per heavy atom. The van der Waals surface area contributed by atoms with Crippen molar-refractivity contribution in [3.63, 3.8) is 0 Å². The number of carbonyl (C=O) groups excluding carboxylic acids is 1. The maximum absolute atomic E-state index is 13.1. The minimum Gasteiger partial charge on any atom is -0.336 e. The Bertz CT molecular complexity index is 950. The fourth-order valence-corrected chi connectivity index (χ4v) is 3.88. The predicted octanol–water partition coefficient (Wildman–Crippen LogP) is 2.80. The van der Waals surface area contributed by atoms with Gasteiger partial charge in [-0.25, -0.2) is 14.0 Å². The quantitative estimate of drug-likeness (QED) is 0.654. The Balaban J connectivity index is 2.05. The second kappa shape index (κ2) is 7.87. The Kier molecular flexibility index (Phi) is 5.55. The van der Waals surface area contributed by atoms with Crippen LogP contribution in [0.2, 0.25) is 0 Å². The molecule has 0 saturated carbocycles. The number of carbonyl (C=O) groups is 1. The lowest BCUT2D eigenvalue weighted by Gasteiger charge is -2.30. The Hall–Kier alpha value is -2.74. The fourth-order valence-electron chi connectivity index (χ4n) is 3.18. The van der Waals surface area contributed by atoms with Gasteiger partial charge in [0.15, 0.2) is 5.82 Å². The summed E-state index contributed by atoms with van der Waals surface area (Å²) in [7, 11) is 0. The third-order valence-corrected chi connectivity index (χ3v) is 5.05. The molecule has 142 valence electrons. The zero-order chi connectivity index (χ0) is 19.6. The highest BCUT2D eigenvalue weighted by Gasteiger charge is 2.24. The van der Waals surface area contributed by atoms with E-state index in [-0.39, 0.29) is 30.2 Å². The molecule has 0 aliphatic carbocycles. The minimum atomic E-state index is -0.342. The van der Waals surface area contributed by atoms with E-state index < -0.39 is 0 Å². The highest BCUT2D eigenvalue weighted by atomic mass is 32.1. The first kappa shape index (κ1) is 19.0. The van der Waals surface area contributed by atoms with E-state index in [0.717, 1.165) is 4.88 Å². The summed E-state index contributed by atoms with van der Waals surface area (Å²) in [6.45, 7) is 7.77. The number of rotatable bonds is 6. The van der Waals surface area contributed by atoms with Crippen LogP contribution in [0.4, 0.5) is 0 Å². The normalized spacial score (nSPS) is 11.3. The summed E-state index contributed by atoms with van der Waals surface area (Å²) in [5, 5.41) is 6.41. The topological polar surface area (TPSA) is 73.0 Å². The molecule has 3 aromatic rings. The van der Waals surface area contributed by atoms with Crippen molar-refractivity contribution in [2.75, 3.05) is 0 Å². The number of pyridine rings is 1. The summed E-state index contributed by atoms with van der Waals surface area (Å²) >= 11 is 1.50. The van der Waals surface area contributed by atoms with Crippen LogP contribution in [0, 0.1) is 0 Å². The largest absolute Gasteiger partial charge is 0.351 e. The molecular weight excluding hydrogens is 362 g/mol. The smallest absolute Gasteiger partial charge is 0.336 e. The summed E-state index contributed by atoms with van der Waals surface area (Å²) in [6.07, 6.45) is 3.25. The van der Waals surface area contributed by atoms with Crippen LogP contribution in [0.25, 0.3) is 16.4 Å². The number of thiophene rings is 1. The van der Waals surface area contributed by atoms with Gasteiger partial charge in [-0.2, -0.15) is 0 Å². The summed E-state index contributed by atoms with van der Waals surface area (Å²) in [5.74, 6) is 0.397. The van der Waals surface area contributed by atoms with Gasteiger partial charge in [0, 0.05) is 24.5 Å². The lowest BCUT2D eigenvalue weighted by Crippen LogP contribution is -2.45. The van der Waals surface area contributed by atoms with Crippen LogP contribution < -0.4 is 5.69 Å². The molecule has 3 rings (SSSR count). The summed E-state index contributed by atoms with van der Waals surface area (Å²) in [5.41, 5.74) is 0.326. The molecule has 0 aliphatic heterocycles. The van der Waals surface area contributed by atoms with Crippen molar-refractivity contribution in [1.82, 2.24) is 24.2 Å². The van der Waals surface area contributed by atoms with Crippen LogP contribution in [-0.2, 0) is 11.3 Å². The van der Waals surface area contributed by atoms with Crippen molar-refractivity contribution in [3.05, 3.63) is 52.5 Å². The first-order valence-corrected chi connectivity index (χ1v) is 9.73. The van der Waals surface area contributed by atoms with Gasteiger partial charge in [-0.3, -0.25) is 9.78 Å². The molecule has 7 nitrogen and oxygen atoms in total. The molecule has 0 aromatic carbocycles. The number of hydrogen-bond donors (Lipinski definition) is 0. The summed E-state index contributed by atoms with van der Waals surface area (Å²) < 4.78 is 2.77. The number of hydrogen-bond acceptors (Lipinski definition) is 5. The molecule has 0 bridgehead atoms. The van der Waals surface area contributed by atoms with Crippen LogP contribution >= 0.6 is 11.3 Å². The van der Waals surface area contributed by atoms with Crippen LogP contribution in [0.1, 0.15) is 27.7 Å². The van der Waals surface area contributed by atoms with Crippen molar-refractivity contribution in [3.8, 4) is 16.4 Å². The second-order valence-electron chi connectivity index (χ2n) is 6.77. The van der Waals surface area contributed by atoms with Gasteiger partial charge in [-0.15, -0.1) is 16.4 Å². The molecule has 0 radical (unpaired) electrons. The average molecular weight is 385 g/mol. The Labute approximate surface area is 161 Å². The molecule has 0 spiro atoms. The standard InChI is InChI=1S/C19H23N5O2S/c1-13(2)23(14(3)4)17(25)12-22-19(26)24(15-7-9-20-10-8-15)18(21-22)16-6-5-11-27-16/h5-11,13-14H,12H2,1-4H3. The summed E-state index contributed by atoms with van der Waals surface area (Å²) in [4.78, 5) is 32.5. The van der Waals surface area contributed by atoms with Crippen LogP contribution in [0.5, 0.6) is 0 Å². The van der Waals surface area contributed by atoms with Crippen molar-refractivity contribution in [1.29, 1.82) is 0 Å². The SMILES string of the molecule is CC(C)N(C(=O)Cn1nc(-c2cccs2)n(-c2ccncc2)c1=O)C(C)C. The molecule has 27 heavy (non-hydrogen) atoms. The van der Waals surface area contributed by atoms with Crippen LogP contribution in [0.15, 0.2) is 46.8 Å². The van der Waals surface area contributed by atoms with Gasteiger partial charge in [0.05, 0.1) is 10.6 Å². The lowest BCUT2D eigenvalue weighted by atomic mass is 10.2. The van der Waals surface area contributed by atoms with E-state index in [2.05, 4.69) is 10.1 Å². The van der Waals surface area contributed by atoms with E-state index >= 15 is 0 Å². The maximum atomic E-state index is 13.1. The third kappa shape index (κ3) is 3.85. The van der Waals surface area contributed by atoms with E-state index in [1.54, 1.807) is 29.4 Å². The van der Waals surface area contributed by atoms with Crippen molar-refractivity contribution in [2.45, 2.75) is 46.3 Å². The van der Waals surface area contributed by atoms with Gasteiger partial charge in [0.25, 0.3) is 0 Å². The highest BCUT2D eigenvalue weighted by Crippen LogP contribution is 2.24. The molecule has 3 heterocycles. The maximum Gasteiger partial charge on any atom is 0.351 e. The van der Waals surface area contributed by atoms with E-state index in [1.165, 1.54) is 20.6 Å². The van der Waals surface area contributed by atoms with Gasteiger partial charge < -0.3 is 4.90 Å².